The van der Waals surface area contributed by atoms with E-state index < -0.39 is 108 Å². The number of allylic oxidation sites excluding steroid dienone is 8. The maximum atomic E-state index is 14.9. The number of amides is 8. The minimum absolute atomic E-state index is 0. The van der Waals surface area contributed by atoms with Crippen LogP contribution in [0.3, 0.4) is 0 Å². The molecule has 0 saturated carbocycles. The number of H-pyrrole nitrogens is 1. The van der Waals surface area contributed by atoms with Crippen molar-refractivity contribution < 1.29 is 55.4 Å². The Labute approximate surface area is 416 Å². The summed E-state index contributed by atoms with van der Waals surface area (Å²) in [5.74, 6) is -6.75. The monoisotopic (exact) mass is 1010 g/mol. The van der Waals surface area contributed by atoms with Crippen molar-refractivity contribution in [3.8, 4) is 0 Å². The molecular weight excluding hydrogens is 942 g/mol. The smallest absolute Gasteiger partial charge is 0.370 e. The molecule has 2 aliphatic heterocycles. The van der Waals surface area contributed by atoms with Crippen LogP contribution in [-0.2, 0) is 61.8 Å². The normalized spacial score (nSPS) is 25.3. The fourth-order valence-electron chi connectivity index (χ4n) is 8.56. The average molecular weight is 1010 g/mol. The Balaban J connectivity index is 0.00000143. The molecule has 3 aromatic rings. The molecule has 22 heteroatoms. The number of nitrogens with zero attached hydrogens (tertiary/aromatic N) is 4. The minimum Gasteiger partial charge on any atom is -0.370 e. The van der Waals surface area contributed by atoms with Gasteiger partial charge in [-0.1, -0.05) is 86.2 Å². The average Bonchev–Trinajstić information content (AvgIpc) is 4.19. The van der Waals surface area contributed by atoms with Gasteiger partial charge in [0.1, 0.15) is 35.9 Å². The van der Waals surface area contributed by atoms with Gasteiger partial charge in [-0.3, -0.25) is 38.4 Å². The fraction of sp³-hybridized carbons (Fsp3) is 0.458. The first-order chi connectivity index (χ1) is 33.1. The number of para-hydroxylation sites is 1. The summed E-state index contributed by atoms with van der Waals surface area (Å²) in [6, 6.07) is -1.06. The first kappa shape index (κ1) is 54.0. The molecule has 1 aromatic carbocycles. The van der Waals surface area contributed by atoms with Crippen LogP contribution in [0.4, 0.5) is 0 Å². The zero-order valence-electron chi connectivity index (χ0n) is 39.3. The molecule has 70 heavy (non-hydrogen) atoms. The van der Waals surface area contributed by atoms with Gasteiger partial charge in [0.05, 0.1) is 31.1 Å². The van der Waals surface area contributed by atoms with Crippen LogP contribution in [0.2, 0.25) is 0 Å². The number of benzene rings is 1. The van der Waals surface area contributed by atoms with Crippen molar-refractivity contribution in [2.45, 2.75) is 120 Å². The molecule has 4 heterocycles. The Morgan fingerprint density at radius 2 is 1.61 bits per heavy atom. The topological polar surface area (TPSA) is 325 Å². The maximum absolute atomic E-state index is 14.9. The number of hydrogen-bond donors (Lipinski definition) is 9. The van der Waals surface area contributed by atoms with Crippen molar-refractivity contribution in [1.29, 1.82) is 0 Å². The first-order valence-electron chi connectivity index (χ1n) is 23.4. The Bertz CT molecular complexity index is 2510. The number of fused-ring (bicyclic) bond motifs is 2. The molecule has 12 N–H and O–H groups in total. The summed E-state index contributed by atoms with van der Waals surface area (Å²) < 4.78 is 1.59. The number of nitrogens with two attached hydrogens (primary N) is 3. The van der Waals surface area contributed by atoms with Crippen molar-refractivity contribution in [2.75, 3.05) is 13.1 Å². The van der Waals surface area contributed by atoms with Gasteiger partial charge in [0, 0.05) is 43.0 Å². The summed E-state index contributed by atoms with van der Waals surface area (Å²) in [7, 11) is 0. The Morgan fingerprint density at radius 3 is 2.29 bits per heavy atom. The molecule has 0 bridgehead atoms. The Hall–Kier alpha value is -6.90. The summed E-state index contributed by atoms with van der Waals surface area (Å²) in [5.41, 5.74) is 20.3. The molecule has 8 atom stereocenters. The van der Waals surface area contributed by atoms with Crippen molar-refractivity contribution in [2.24, 2.45) is 23.1 Å². The van der Waals surface area contributed by atoms with Crippen LogP contribution < -0.4 is 43.8 Å². The minimum atomic E-state index is -1.57. The van der Waals surface area contributed by atoms with Crippen LogP contribution in [-0.4, -0.2) is 121 Å². The summed E-state index contributed by atoms with van der Waals surface area (Å²) in [4.78, 5) is 113. The van der Waals surface area contributed by atoms with Crippen LogP contribution >= 0.6 is 0 Å². The van der Waals surface area contributed by atoms with Gasteiger partial charge in [-0.2, -0.15) is 0 Å². The van der Waals surface area contributed by atoms with Crippen LogP contribution in [0.5, 0.6) is 0 Å². The van der Waals surface area contributed by atoms with Crippen LogP contribution in [0.1, 0.15) is 88.9 Å². The van der Waals surface area contributed by atoms with E-state index in [-0.39, 0.29) is 49.4 Å². The number of rotatable bonds is 9. The molecule has 0 unspecified atom stereocenters. The number of aromatic nitrogens is 4. The van der Waals surface area contributed by atoms with Gasteiger partial charge in [-0.15, -0.1) is 5.10 Å². The van der Waals surface area contributed by atoms with E-state index in [4.69, 9.17) is 17.2 Å². The van der Waals surface area contributed by atoms with E-state index in [1.54, 1.807) is 30.9 Å². The largest absolute Gasteiger partial charge is 2.00 e. The molecule has 2 fully saturated rings. The maximum Gasteiger partial charge on any atom is 2.00 e. The van der Waals surface area contributed by atoms with Crippen molar-refractivity contribution in [3.05, 3.63) is 90.4 Å². The zero-order valence-corrected chi connectivity index (χ0v) is 40.4. The summed E-state index contributed by atoms with van der Waals surface area (Å²) >= 11 is 0. The van der Waals surface area contributed by atoms with Gasteiger partial charge in [0.2, 0.25) is 47.3 Å². The number of primary amides is 2. The van der Waals surface area contributed by atoms with Gasteiger partial charge in [0.25, 0.3) is 0 Å². The van der Waals surface area contributed by atoms with Crippen molar-refractivity contribution in [3.63, 3.8) is 0 Å². The number of hydrogen-bond acceptors (Lipinski definition) is 11. The quantitative estimate of drug-likeness (QED) is 0.132. The van der Waals surface area contributed by atoms with Gasteiger partial charge >= 0.3 is 17.1 Å². The SMILES string of the molecule is C1=CCC=C1.CC[C@H](C)[C@@H]1NC(=O)[C@H](CC(N)=O)NC(=O)[C@H](N)CC(=O)NCCCC[C@H](C(N)=O)NC(=O)[C@H](Cc2c[nH]c3ccccc23)NC(=O)[C@@H]2C[C@H](n3cc(C4=CC=CC4)nn3)CN2C1=O.[Fe+2]. The second kappa shape index (κ2) is 25.6. The predicted octanol–water partition coefficient (Wildman–Crippen LogP) is 0.351. The molecule has 2 saturated heterocycles. The van der Waals surface area contributed by atoms with Crippen LogP contribution in [0.15, 0.2) is 79.2 Å². The van der Waals surface area contributed by atoms with E-state index in [1.807, 2.05) is 42.5 Å². The van der Waals surface area contributed by atoms with Crippen LogP contribution in [0.25, 0.3) is 16.5 Å². The molecule has 2 aromatic heterocycles. The third kappa shape index (κ3) is 14.3. The third-order valence-electron chi connectivity index (χ3n) is 12.7. The van der Waals surface area contributed by atoms with Gasteiger partial charge in [0.15, 0.2) is 0 Å². The van der Waals surface area contributed by atoms with E-state index in [0.717, 1.165) is 22.9 Å². The zero-order chi connectivity index (χ0) is 49.6. The number of carbonyl (C=O) groups is 8. The van der Waals surface area contributed by atoms with Crippen molar-refractivity contribution in [1.82, 2.24) is 51.5 Å². The van der Waals surface area contributed by atoms with Crippen molar-refractivity contribution >= 4 is 63.7 Å². The van der Waals surface area contributed by atoms with Gasteiger partial charge < -0.3 is 53.7 Å². The first-order valence-corrected chi connectivity index (χ1v) is 23.4. The summed E-state index contributed by atoms with van der Waals surface area (Å²) in [6.45, 7) is 3.60. The molecular formula is C48H63FeN13O8+2. The molecule has 21 nitrogen and oxygen atoms in total. The molecule has 0 radical (unpaired) electrons. The number of nitrogens with one attached hydrogen (secondary N) is 6. The molecule has 0 spiro atoms. The summed E-state index contributed by atoms with van der Waals surface area (Å²) in [6.07, 6.45) is 19.5. The van der Waals surface area contributed by atoms with E-state index in [9.17, 15) is 38.4 Å². The standard InChI is InChI=1S/C43H57N13O8.C5H6.Fe/c1-3-23(2)37-43(64)55-21-26(56-22-33(53-54-56)24-10-4-5-11-24)17-34(55)42(63)51-31(16-25-20-48-29-13-7-6-12-27(25)29)40(61)49-30(38(46)59)14-8-9-15-47-36(58)18-28(44)39(60)50-32(19-35(45)57)41(62)52-37;1-2-4-5-3-1;/h4-7,10,12-13,20,22-23,26,28,30-32,34,37,48H,3,8-9,11,14-19,21,44H2,1-2H3,(H2,45,57)(H2,46,59)(H,47,58)(H,49,61)(H,50,60)(H,51,63)(H,52,62);1-4H,5H2;/q;;+2/t23-,26-,28+,30+,31-,32-,34-,37-;;/m0../s1. The van der Waals surface area contributed by atoms with E-state index in [1.165, 1.54) is 4.90 Å². The van der Waals surface area contributed by atoms with E-state index in [2.05, 4.69) is 66.2 Å². The second-order valence-electron chi connectivity index (χ2n) is 17.7. The molecule has 4 aliphatic rings. The number of carbonyl (C=O) groups excluding carboxylic acids is 8. The Morgan fingerprint density at radius 1 is 0.886 bits per heavy atom. The van der Waals surface area contributed by atoms with Gasteiger partial charge in [-0.25, -0.2) is 4.68 Å². The predicted molar refractivity (Wildman–Crippen MR) is 255 cm³/mol. The van der Waals surface area contributed by atoms with Gasteiger partial charge in [-0.05, 0) is 55.2 Å². The molecule has 2 aliphatic carbocycles. The number of aromatic amines is 1. The second-order valence-corrected chi connectivity index (χ2v) is 17.7. The molecule has 374 valence electrons. The molecule has 7 rings (SSSR count). The fourth-order valence-corrected chi connectivity index (χ4v) is 8.56. The van der Waals surface area contributed by atoms with E-state index >= 15 is 0 Å². The molecule has 8 amide bonds. The summed E-state index contributed by atoms with van der Waals surface area (Å²) in [5, 5.41) is 22.9. The van der Waals surface area contributed by atoms with Crippen LogP contribution in [0, 0.1) is 5.92 Å². The van der Waals surface area contributed by atoms with E-state index in [0.29, 0.717) is 36.9 Å². The third-order valence-corrected chi connectivity index (χ3v) is 12.7. The Kier molecular flexibility index (Phi) is 19.8.